The van der Waals surface area contributed by atoms with Crippen molar-refractivity contribution in [2.75, 3.05) is 11.9 Å². The lowest BCUT2D eigenvalue weighted by Gasteiger charge is -2.44. The summed E-state index contributed by atoms with van der Waals surface area (Å²) in [5, 5.41) is 9.24. The van der Waals surface area contributed by atoms with Crippen LogP contribution in [-0.4, -0.2) is 33.6 Å². The van der Waals surface area contributed by atoms with E-state index in [1.807, 2.05) is 6.92 Å². The topological polar surface area (TPSA) is 66.3 Å². The van der Waals surface area contributed by atoms with Gasteiger partial charge in [0.25, 0.3) is 0 Å². The Hall–Kier alpha value is -1.72. The summed E-state index contributed by atoms with van der Waals surface area (Å²) >= 11 is 0. The van der Waals surface area contributed by atoms with Crippen LogP contribution >= 0.6 is 0 Å². The predicted molar refractivity (Wildman–Crippen MR) is 77.8 cm³/mol. The van der Waals surface area contributed by atoms with Crippen molar-refractivity contribution in [1.82, 2.24) is 9.97 Å². The molecule has 1 aliphatic carbocycles. The van der Waals surface area contributed by atoms with Gasteiger partial charge >= 0.3 is 5.97 Å². The summed E-state index contributed by atoms with van der Waals surface area (Å²) in [6.45, 7) is 1.84. The van der Waals surface area contributed by atoms with Crippen LogP contribution in [0.4, 0.5) is 10.2 Å². The Morgan fingerprint density at radius 3 is 2.62 bits per heavy atom. The second-order valence-corrected chi connectivity index (χ2v) is 5.73. The van der Waals surface area contributed by atoms with Gasteiger partial charge in [0.15, 0.2) is 11.6 Å². The van der Waals surface area contributed by atoms with Crippen molar-refractivity contribution < 1.29 is 14.3 Å². The zero-order valence-corrected chi connectivity index (χ0v) is 12.6. The number of hydrogen-bond donors (Lipinski definition) is 1. The standard InChI is InChI=1S/C15H22FN3O2/c1-3-11-13(16)14(18-10-17-11)19(2)15(9-12(20)21)7-5-4-6-8-15/h10H,3-9H2,1-2H3,(H,20,21). The van der Waals surface area contributed by atoms with Crippen LogP contribution < -0.4 is 4.90 Å². The molecule has 1 aromatic heterocycles. The lowest BCUT2D eigenvalue weighted by molar-refractivity contribution is -0.138. The van der Waals surface area contributed by atoms with Crippen LogP contribution in [0.3, 0.4) is 0 Å². The normalized spacial score (nSPS) is 17.5. The van der Waals surface area contributed by atoms with Gasteiger partial charge in [0.2, 0.25) is 0 Å². The van der Waals surface area contributed by atoms with Gasteiger partial charge in [0.1, 0.15) is 6.33 Å². The summed E-state index contributed by atoms with van der Waals surface area (Å²) in [5.41, 5.74) is -0.183. The molecule has 0 aliphatic heterocycles. The maximum Gasteiger partial charge on any atom is 0.305 e. The van der Waals surface area contributed by atoms with Crippen molar-refractivity contribution in [1.29, 1.82) is 0 Å². The largest absolute Gasteiger partial charge is 0.481 e. The van der Waals surface area contributed by atoms with Crippen LogP contribution in [0.25, 0.3) is 0 Å². The van der Waals surface area contributed by atoms with Gasteiger partial charge < -0.3 is 10.0 Å². The minimum Gasteiger partial charge on any atom is -0.481 e. The summed E-state index contributed by atoms with van der Waals surface area (Å²) in [5.74, 6) is -1.07. The van der Waals surface area contributed by atoms with E-state index in [4.69, 9.17) is 0 Å². The number of hydrogen-bond acceptors (Lipinski definition) is 4. The maximum absolute atomic E-state index is 14.5. The fourth-order valence-corrected chi connectivity index (χ4v) is 3.22. The van der Waals surface area contributed by atoms with Crippen LogP contribution in [0.5, 0.6) is 0 Å². The molecule has 0 atom stereocenters. The molecule has 0 aromatic carbocycles. The Balaban J connectivity index is 2.38. The molecule has 1 heterocycles. The van der Waals surface area contributed by atoms with E-state index in [1.54, 1.807) is 11.9 Å². The average molecular weight is 295 g/mol. The molecule has 1 saturated carbocycles. The molecule has 0 saturated heterocycles. The highest BCUT2D eigenvalue weighted by Gasteiger charge is 2.40. The molecule has 0 spiro atoms. The van der Waals surface area contributed by atoms with Crippen LogP contribution in [0, 0.1) is 5.82 Å². The Morgan fingerprint density at radius 2 is 2.05 bits per heavy atom. The monoisotopic (exact) mass is 295 g/mol. The Bertz CT molecular complexity index is 516. The van der Waals surface area contributed by atoms with Gasteiger partial charge in [-0.1, -0.05) is 26.2 Å². The van der Waals surface area contributed by atoms with Crippen LogP contribution in [-0.2, 0) is 11.2 Å². The van der Waals surface area contributed by atoms with E-state index in [0.717, 1.165) is 32.1 Å². The SMILES string of the molecule is CCc1ncnc(N(C)C2(CC(=O)O)CCCCC2)c1F. The van der Waals surface area contributed by atoms with Gasteiger partial charge in [-0.2, -0.15) is 0 Å². The molecular weight excluding hydrogens is 273 g/mol. The highest BCUT2D eigenvalue weighted by molar-refractivity contribution is 5.69. The first-order valence-corrected chi connectivity index (χ1v) is 7.45. The van der Waals surface area contributed by atoms with E-state index in [2.05, 4.69) is 9.97 Å². The lowest BCUT2D eigenvalue weighted by Crippen LogP contribution is -2.50. The molecule has 21 heavy (non-hydrogen) atoms. The van der Waals surface area contributed by atoms with Crippen molar-refractivity contribution in [2.45, 2.75) is 57.4 Å². The average Bonchev–Trinajstić information content (AvgIpc) is 2.47. The van der Waals surface area contributed by atoms with Crippen molar-refractivity contribution in [2.24, 2.45) is 0 Å². The molecule has 116 valence electrons. The maximum atomic E-state index is 14.5. The molecule has 1 aliphatic rings. The zero-order chi connectivity index (χ0) is 15.5. The Kier molecular flexibility index (Phi) is 4.75. The van der Waals surface area contributed by atoms with Gasteiger partial charge in [-0.05, 0) is 19.3 Å². The third-order valence-electron chi connectivity index (χ3n) is 4.47. The molecule has 6 heteroatoms. The molecule has 0 bridgehead atoms. The number of carboxylic acids is 1. The van der Waals surface area contributed by atoms with Crippen molar-refractivity contribution >= 4 is 11.8 Å². The molecule has 5 nitrogen and oxygen atoms in total. The molecule has 1 fully saturated rings. The summed E-state index contributed by atoms with van der Waals surface area (Å²) in [4.78, 5) is 21.0. The molecule has 0 unspecified atom stereocenters. The van der Waals surface area contributed by atoms with Crippen LogP contribution in [0.15, 0.2) is 6.33 Å². The van der Waals surface area contributed by atoms with Crippen LogP contribution in [0.2, 0.25) is 0 Å². The second-order valence-electron chi connectivity index (χ2n) is 5.73. The quantitative estimate of drug-likeness (QED) is 0.904. The van der Waals surface area contributed by atoms with Crippen molar-refractivity contribution in [3.63, 3.8) is 0 Å². The number of aryl methyl sites for hydroxylation is 1. The van der Waals surface area contributed by atoms with Crippen LogP contribution in [0.1, 0.15) is 51.1 Å². The molecule has 1 N–H and O–H groups in total. The first-order chi connectivity index (χ1) is 10.00. The Labute approximate surface area is 124 Å². The molecular formula is C15H22FN3O2. The van der Waals surface area contributed by atoms with Crippen molar-refractivity contribution in [3.05, 3.63) is 17.8 Å². The molecule has 0 radical (unpaired) electrons. The first kappa shape index (κ1) is 15.7. The number of nitrogens with zero attached hydrogens (tertiary/aromatic N) is 3. The van der Waals surface area contributed by atoms with E-state index < -0.39 is 17.3 Å². The van der Waals surface area contributed by atoms with E-state index in [1.165, 1.54) is 6.33 Å². The molecule has 1 aromatic rings. The number of aliphatic carboxylic acids is 1. The van der Waals surface area contributed by atoms with E-state index in [0.29, 0.717) is 12.1 Å². The Morgan fingerprint density at radius 1 is 1.38 bits per heavy atom. The number of carboxylic acid groups (broad SMARTS) is 1. The molecule has 2 rings (SSSR count). The highest BCUT2D eigenvalue weighted by atomic mass is 19.1. The first-order valence-electron chi connectivity index (χ1n) is 7.45. The minimum atomic E-state index is -0.853. The van der Waals surface area contributed by atoms with E-state index in [9.17, 15) is 14.3 Å². The number of aromatic nitrogens is 2. The summed E-state index contributed by atoms with van der Waals surface area (Å²) in [7, 11) is 1.75. The summed E-state index contributed by atoms with van der Waals surface area (Å²) in [6, 6.07) is 0. The smallest absolute Gasteiger partial charge is 0.305 e. The lowest BCUT2D eigenvalue weighted by atomic mass is 9.78. The van der Waals surface area contributed by atoms with Gasteiger partial charge in [0.05, 0.1) is 17.7 Å². The van der Waals surface area contributed by atoms with E-state index >= 15 is 0 Å². The number of anilines is 1. The van der Waals surface area contributed by atoms with Gasteiger partial charge in [-0.3, -0.25) is 4.79 Å². The number of halogens is 1. The highest BCUT2D eigenvalue weighted by Crippen LogP contribution is 2.38. The summed E-state index contributed by atoms with van der Waals surface area (Å²) < 4.78 is 14.5. The fourth-order valence-electron chi connectivity index (χ4n) is 3.22. The predicted octanol–water partition coefficient (Wildman–Crippen LogP) is 2.79. The zero-order valence-electron chi connectivity index (χ0n) is 12.6. The minimum absolute atomic E-state index is 0.00833. The van der Waals surface area contributed by atoms with Crippen molar-refractivity contribution in [3.8, 4) is 0 Å². The number of rotatable bonds is 5. The van der Waals surface area contributed by atoms with E-state index in [-0.39, 0.29) is 12.2 Å². The third kappa shape index (κ3) is 3.14. The fraction of sp³-hybridized carbons (Fsp3) is 0.667. The van der Waals surface area contributed by atoms with Gasteiger partial charge in [-0.15, -0.1) is 0 Å². The number of carbonyl (C=O) groups is 1. The van der Waals surface area contributed by atoms with Gasteiger partial charge in [0, 0.05) is 7.05 Å². The molecule has 0 amide bonds. The second kappa shape index (κ2) is 6.37. The van der Waals surface area contributed by atoms with Gasteiger partial charge in [-0.25, -0.2) is 14.4 Å². The summed E-state index contributed by atoms with van der Waals surface area (Å²) in [6.07, 6.45) is 6.37. The third-order valence-corrected chi connectivity index (χ3v) is 4.47.